The van der Waals surface area contributed by atoms with Gasteiger partial charge in [0.05, 0.1) is 5.52 Å². The Hall–Kier alpha value is -3.14. The predicted molar refractivity (Wildman–Crippen MR) is 71.6 cm³/mol. The van der Waals surface area contributed by atoms with Gasteiger partial charge in [-0.25, -0.2) is 14.8 Å². The highest BCUT2D eigenvalue weighted by atomic mass is 16.4. The molecule has 0 spiro atoms. The minimum atomic E-state index is -0.492. The minimum Gasteiger partial charge on any atom is -0.408 e. The maximum Gasteiger partial charge on any atom is 0.417 e. The van der Waals surface area contributed by atoms with Gasteiger partial charge < -0.3 is 9.32 Å². The lowest BCUT2D eigenvalue weighted by molar-refractivity contribution is 0.555. The van der Waals surface area contributed by atoms with Crippen LogP contribution in [0.2, 0.25) is 0 Å². The lowest BCUT2D eigenvalue weighted by Crippen LogP contribution is -2.11. The summed E-state index contributed by atoms with van der Waals surface area (Å²) in [4.78, 5) is 23.4. The van der Waals surface area contributed by atoms with Gasteiger partial charge in [0.2, 0.25) is 0 Å². The zero-order valence-electron chi connectivity index (χ0n) is 10.5. The summed E-state index contributed by atoms with van der Waals surface area (Å²) in [6.45, 7) is 0. The zero-order chi connectivity index (χ0) is 14.1. The van der Waals surface area contributed by atoms with E-state index in [9.17, 15) is 4.79 Å². The molecule has 0 bridgehead atoms. The van der Waals surface area contributed by atoms with Crippen LogP contribution in [0.25, 0.3) is 11.1 Å². The van der Waals surface area contributed by atoms with Gasteiger partial charge in [0.25, 0.3) is 0 Å². The number of oxazole rings is 1. The van der Waals surface area contributed by atoms with Crippen molar-refractivity contribution in [2.75, 3.05) is 11.9 Å². The van der Waals surface area contributed by atoms with Gasteiger partial charge >= 0.3 is 5.76 Å². The Morgan fingerprint density at radius 2 is 2.20 bits per heavy atom. The van der Waals surface area contributed by atoms with E-state index in [-0.39, 0.29) is 5.69 Å². The van der Waals surface area contributed by atoms with Crippen LogP contribution in [-0.2, 0) is 0 Å². The number of benzene rings is 1. The van der Waals surface area contributed by atoms with Crippen LogP contribution in [0.3, 0.4) is 0 Å². The van der Waals surface area contributed by atoms with Gasteiger partial charge in [0.1, 0.15) is 23.9 Å². The first-order valence-corrected chi connectivity index (χ1v) is 5.76. The molecule has 0 saturated carbocycles. The van der Waals surface area contributed by atoms with E-state index in [0.29, 0.717) is 16.9 Å². The molecule has 3 rings (SSSR count). The van der Waals surface area contributed by atoms with E-state index in [2.05, 4.69) is 15.0 Å². The maximum absolute atomic E-state index is 11.1. The number of hydrogen-bond acceptors (Lipinski definition) is 6. The highest BCUT2D eigenvalue weighted by Gasteiger charge is 2.09. The van der Waals surface area contributed by atoms with E-state index in [0.717, 1.165) is 5.69 Å². The van der Waals surface area contributed by atoms with Crippen LogP contribution < -0.4 is 10.7 Å². The van der Waals surface area contributed by atoms with E-state index in [4.69, 9.17) is 9.68 Å². The van der Waals surface area contributed by atoms with Crippen LogP contribution in [-0.4, -0.2) is 22.0 Å². The number of nitriles is 1. The third-order valence-corrected chi connectivity index (χ3v) is 2.90. The Morgan fingerprint density at radius 3 is 3.00 bits per heavy atom. The number of aromatic amines is 1. The van der Waals surface area contributed by atoms with E-state index in [1.54, 1.807) is 30.1 Å². The molecule has 0 fully saturated rings. The van der Waals surface area contributed by atoms with E-state index in [1.807, 2.05) is 12.1 Å². The van der Waals surface area contributed by atoms with Crippen molar-refractivity contribution in [1.82, 2.24) is 15.0 Å². The Bertz CT molecular complexity index is 874. The molecule has 0 atom stereocenters. The van der Waals surface area contributed by atoms with Crippen molar-refractivity contribution in [1.29, 1.82) is 5.26 Å². The summed E-state index contributed by atoms with van der Waals surface area (Å²) in [7, 11) is 1.80. The summed E-state index contributed by atoms with van der Waals surface area (Å²) >= 11 is 0. The molecular weight excluding hydrogens is 258 g/mol. The molecule has 7 heteroatoms. The van der Waals surface area contributed by atoms with E-state index < -0.39 is 5.76 Å². The monoisotopic (exact) mass is 267 g/mol. The van der Waals surface area contributed by atoms with Crippen molar-refractivity contribution >= 4 is 22.6 Å². The Morgan fingerprint density at radius 1 is 1.35 bits per heavy atom. The molecule has 0 radical (unpaired) electrons. The van der Waals surface area contributed by atoms with Crippen LogP contribution in [0.4, 0.5) is 11.5 Å². The largest absolute Gasteiger partial charge is 0.417 e. The summed E-state index contributed by atoms with van der Waals surface area (Å²) in [6.07, 6.45) is 1.33. The third-order valence-electron chi connectivity index (χ3n) is 2.90. The van der Waals surface area contributed by atoms with Crippen LogP contribution in [0, 0.1) is 11.3 Å². The standard InChI is InChI=1S/C13H9N5O2/c1-18(12-4-8(6-14)15-7-16-12)9-2-3-10-11(5-9)20-13(19)17-10/h2-5,7H,1H3,(H,17,19). The Balaban J connectivity index is 2.04. The summed E-state index contributed by atoms with van der Waals surface area (Å²) in [5.74, 6) is 0.0855. The molecule has 0 aliphatic heterocycles. The van der Waals surface area contributed by atoms with Crippen molar-refractivity contribution < 1.29 is 4.42 Å². The third kappa shape index (κ3) is 1.99. The first-order valence-electron chi connectivity index (χ1n) is 5.76. The van der Waals surface area contributed by atoms with Gasteiger partial charge in [-0.15, -0.1) is 0 Å². The molecule has 3 aromatic rings. The molecule has 98 valence electrons. The number of H-pyrrole nitrogens is 1. The molecule has 0 saturated heterocycles. The Kier molecular flexibility index (Phi) is 2.69. The number of nitrogens with zero attached hydrogens (tertiary/aromatic N) is 4. The lowest BCUT2D eigenvalue weighted by Gasteiger charge is -2.17. The fourth-order valence-corrected chi connectivity index (χ4v) is 1.87. The van der Waals surface area contributed by atoms with Crippen LogP contribution in [0.1, 0.15) is 5.69 Å². The number of rotatable bonds is 2. The zero-order valence-corrected chi connectivity index (χ0v) is 10.5. The number of fused-ring (bicyclic) bond motifs is 1. The lowest BCUT2D eigenvalue weighted by atomic mass is 10.2. The summed E-state index contributed by atoms with van der Waals surface area (Å²) in [5, 5.41) is 8.85. The predicted octanol–water partition coefficient (Wildman–Crippen LogP) is 1.55. The molecule has 2 aromatic heterocycles. The van der Waals surface area contributed by atoms with Crippen molar-refractivity contribution in [3.05, 3.63) is 46.8 Å². The first-order chi connectivity index (χ1) is 9.67. The Labute approximate surface area is 113 Å². The molecule has 2 heterocycles. The van der Waals surface area contributed by atoms with Crippen molar-refractivity contribution in [3.63, 3.8) is 0 Å². The molecule has 1 aromatic carbocycles. The number of aromatic nitrogens is 3. The SMILES string of the molecule is CN(c1ccc2[nH]c(=O)oc2c1)c1cc(C#N)ncn1. The number of anilines is 2. The van der Waals surface area contributed by atoms with Crippen LogP contribution in [0.15, 0.2) is 39.8 Å². The number of hydrogen-bond donors (Lipinski definition) is 1. The molecule has 1 N–H and O–H groups in total. The minimum absolute atomic E-state index is 0.288. The van der Waals surface area contributed by atoms with Crippen molar-refractivity contribution in [2.24, 2.45) is 0 Å². The molecular formula is C13H9N5O2. The summed E-state index contributed by atoms with van der Waals surface area (Å²) in [6, 6.07) is 8.84. The molecule has 7 nitrogen and oxygen atoms in total. The van der Waals surface area contributed by atoms with Crippen LogP contribution >= 0.6 is 0 Å². The summed E-state index contributed by atoms with van der Waals surface area (Å²) in [5.41, 5.74) is 2.17. The highest BCUT2D eigenvalue weighted by Crippen LogP contribution is 2.24. The fraction of sp³-hybridized carbons (Fsp3) is 0.0769. The molecule has 0 aliphatic carbocycles. The maximum atomic E-state index is 11.1. The van der Waals surface area contributed by atoms with E-state index in [1.165, 1.54) is 6.33 Å². The van der Waals surface area contributed by atoms with Gasteiger partial charge in [-0.2, -0.15) is 5.26 Å². The normalized spacial score (nSPS) is 10.4. The first kappa shape index (κ1) is 11.9. The molecule has 0 amide bonds. The van der Waals surface area contributed by atoms with Gasteiger partial charge in [-0.1, -0.05) is 0 Å². The second kappa shape index (κ2) is 4.51. The highest BCUT2D eigenvalue weighted by molar-refractivity contribution is 5.78. The summed E-state index contributed by atoms with van der Waals surface area (Å²) < 4.78 is 5.02. The fourth-order valence-electron chi connectivity index (χ4n) is 1.87. The van der Waals surface area contributed by atoms with Crippen molar-refractivity contribution in [2.45, 2.75) is 0 Å². The molecule has 0 unspecified atom stereocenters. The van der Waals surface area contributed by atoms with E-state index >= 15 is 0 Å². The van der Waals surface area contributed by atoms with Gasteiger partial charge in [0.15, 0.2) is 5.58 Å². The van der Waals surface area contributed by atoms with Crippen molar-refractivity contribution in [3.8, 4) is 6.07 Å². The average molecular weight is 267 g/mol. The second-order valence-corrected chi connectivity index (χ2v) is 4.13. The van der Waals surface area contributed by atoms with Gasteiger partial charge in [-0.05, 0) is 12.1 Å². The number of nitrogens with one attached hydrogen (secondary N) is 1. The van der Waals surface area contributed by atoms with Gasteiger partial charge in [-0.3, -0.25) is 4.98 Å². The van der Waals surface area contributed by atoms with Crippen LogP contribution in [0.5, 0.6) is 0 Å². The quantitative estimate of drug-likeness (QED) is 0.756. The smallest absolute Gasteiger partial charge is 0.408 e. The topological polar surface area (TPSA) is 98.8 Å². The second-order valence-electron chi connectivity index (χ2n) is 4.13. The molecule has 20 heavy (non-hydrogen) atoms. The average Bonchev–Trinajstić information content (AvgIpc) is 2.85. The van der Waals surface area contributed by atoms with Gasteiger partial charge in [0, 0.05) is 24.9 Å². The molecule has 0 aliphatic rings.